The molecule has 124 valence electrons. The highest BCUT2D eigenvalue weighted by atomic mass is 16.5. The molecular weight excluding hydrogens is 300 g/mol. The van der Waals surface area contributed by atoms with Crippen LogP contribution in [-0.2, 0) is 9.53 Å². The summed E-state index contributed by atoms with van der Waals surface area (Å²) in [7, 11) is 0. The van der Waals surface area contributed by atoms with E-state index in [-0.39, 0.29) is 11.3 Å². The molecule has 0 aliphatic carbocycles. The third kappa shape index (κ3) is 4.54. The van der Waals surface area contributed by atoms with E-state index in [1.54, 1.807) is 12.1 Å². The van der Waals surface area contributed by atoms with Crippen molar-refractivity contribution < 1.29 is 19.7 Å². The lowest BCUT2D eigenvalue weighted by Crippen LogP contribution is -2.23. The van der Waals surface area contributed by atoms with Crippen LogP contribution in [0.4, 0.5) is 0 Å². The Bertz CT molecular complexity index is 713. The number of hydrogen-bond donors (Lipinski definition) is 4. The molecule has 0 radical (unpaired) electrons. The van der Waals surface area contributed by atoms with Crippen molar-refractivity contribution in [1.29, 1.82) is 0 Å². The lowest BCUT2D eigenvalue weighted by Gasteiger charge is -2.15. The molecule has 1 heterocycles. The van der Waals surface area contributed by atoms with Crippen LogP contribution in [0, 0.1) is 0 Å². The maximum absolute atomic E-state index is 11.4. The van der Waals surface area contributed by atoms with Crippen molar-refractivity contribution in [3.8, 4) is 5.75 Å². The molecule has 1 aromatic heterocycles. The van der Waals surface area contributed by atoms with Gasteiger partial charge >= 0.3 is 0 Å². The quantitative estimate of drug-likeness (QED) is 0.402. The van der Waals surface area contributed by atoms with E-state index >= 15 is 0 Å². The van der Waals surface area contributed by atoms with E-state index < -0.39 is 6.10 Å². The summed E-state index contributed by atoms with van der Waals surface area (Å²) < 4.78 is 4.59. The SMILES string of the molecule is O=COCCCCNCC(O)c1ccc(O)c2[nH]c(=O)ccc12. The number of benzene rings is 1. The number of nitrogens with one attached hydrogen (secondary N) is 2. The first-order chi connectivity index (χ1) is 11.1. The van der Waals surface area contributed by atoms with Crippen molar-refractivity contribution >= 4 is 17.4 Å². The summed E-state index contributed by atoms with van der Waals surface area (Å²) in [6.45, 7) is 1.85. The van der Waals surface area contributed by atoms with Gasteiger partial charge in [-0.3, -0.25) is 9.59 Å². The first kappa shape index (κ1) is 17.0. The van der Waals surface area contributed by atoms with Crippen molar-refractivity contribution in [2.75, 3.05) is 19.7 Å². The molecule has 1 unspecified atom stereocenters. The third-order valence-electron chi connectivity index (χ3n) is 3.54. The Morgan fingerprint density at radius 1 is 1.26 bits per heavy atom. The molecule has 2 rings (SSSR count). The molecule has 0 aliphatic rings. The molecule has 0 aliphatic heterocycles. The van der Waals surface area contributed by atoms with Crippen LogP contribution in [0.5, 0.6) is 5.75 Å². The number of aromatic amines is 1. The number of aliphatic hydroxyl groups excluding tert-OH is 1. The Labute approximate surface area is 132 Å². The maximum atomic E-state index is 11.4. The van der Waals surface area contributed by atoms with E-state index in [2.05, 4.69) is 15.0 Å². The highest BCUT2D eigenvalue weighted by Gasteiger charge is 2.13. The smallest absolute Gasteiger partial charge is 0.293 e. The fourth-order valence-corrected chi connectivity index (χ4v) is 2.38. The summed E-state index contributed by atoms with van der Waals surface area (Å²) in [5, 5.41) is 23.9. The number of ether oxygens (including phenoxy) is 1. The Kier molecular flexibility index (Phi) is 6.13. The number of hydrogen-bond acceptors (Lipinski definition) is 6. The first-order valence-electron chi connectivity index (χ1n) is 7.42. The number of aromatic hydroxyl groups is 1. The zero-order valence-corrected chi connectivity index (χ0v) is 12.6. The molecule has 0 spiro atoms. The van der Waals surface area contributed by atoms with E-state index in [1.807, 2.05) is 0 Å². The predicted molar refractivity (Wildman–Crippen MR) is 85.3 cm³/mol. The molecule has 7 nitrogen and oxygen atoms in total. The predicted octanol–water partition coefficient (Wildman–Crippen LogP) is 0.810. The van der Waals surface area contributed by atoms with Crippen LogP contribution >= 0.6 is 0 Å². The van der Waals surface area contributed by atoms with Gasteiger partial charge in [0, 0.05) is 18.0 Å². The Balaban J connectivity index is 1.96. The standard InChI is InChI=1S/C16H20N2O5/c19-10-23-8-2-1-7-17-9-14(21)11-3-5-13(20)16-12(11)4-6-15(22)18-16/h3-6,10,14,17,20-21H,1-2,7-9H2,(H,18,22). The van der Waals surface area contributed by atoms with Gasteiger partial charge in [-0.05, 0) is 37.1 Å². The van der Waals surface area contributed by atoms with Crippen LogP contribution < -0.4 is 10.9 Å². The molecule has 0 bridgehead atoms. The van der Waals surface area contributed by atoms with Crippen molar-refractivity contribution in [3.63, 3.8) is 0 Å². The molecule has 0 fully saturated rings. The number of phenolic OH excluding ortho intramolecular Hbond substituents is 1. The summed E-state index contributed by atoms with van der Waals surface area (Å²) in [6.07, 6.45) is 0.810. The second-order valence-electron chi connectivity index (χ2n) is 5.18. The number of aliphatic hydroxyl groups is 1. The monoisotopic (exact) mass is 320 g/mol. The second kappa shape index (κ2) is 8.30. The fourth-order valence-electron chi connectivity index (χ4n) is 2.38. The minimum absolute atomic E-state index is 0.0308. The summed E-state index contributed by atoms with van der Waals surface area (Å²) in [5.74, 6) is -0.0308. The van der Waals surface area contributed by atoms with Crippen LogP contribution in [0.1, 0.15) is 24.5 Å². The average Bonchev–Trinajstić information content (AvgIpc) is 2.54. The molecular formula is C16H20N2O5. The fraction of sp³-hybridized carbons (Fsp3) is 0.375. The molecule has 1 aromatic carbocycles. The number of rotatable bonds is 9. The number of phenols is 1. The van der Waals surface area contributed by atoms with Gasteiger partial charge in [-0.1, -0.05) is 6.07 Å². The third-order valence-corrected chi connectivity index (χ3v) is 3.54. The van der Waals surface area contributed by atoms with Gasteiger partial charge in [0.05, 0.1) is 18.2 Å². The number of pyridine rings is 1. The van der Waals surface area contributed by atoms with E-state index in [1.165, 1.54) is 12.1 Å². The molecule has 4 N–H and O–H groups in total. The van der Waals surface area contributed by atoms with Gasteiger partial charge in [0.1, 0.15) is 5.75 Å². The van der Waals surface area contributed by atoms with Gasteiger partial charge in [-0.2, -0.15) is 0 Å². The van der Waals surface area contributed by atoms with Gasteiger partial charge in [0.15, 0.2) is 0 Å². The van der Waals surface area contributed by atoms with Gasteiger partial charge in [-0.25, -0.2) is 0 Å². The Morgan fingerprint density at radius 2 is 2.09 bits per heavy atom. The summed E-state index contributed by atoms with van der Waals surface area (Å²) in [4.78, 5) is 23.9. The Hall–Kier alpha value is -2.38. The summed E-state index contributed by atoms with van der Waals surface area (Å²) in [6, 6.07) is 6.04. The number of H-pyrrole nitrogens is 1. The average molecular weight is 320 g/mol. The van der Waals surface area contributed by atoms with E-state index in [9.17, 15) is 19.8 Å². The van der Waals surface area contributed by atoms with Crippen LogP contribution in [0.15, 0.2) is 29.1 Å². The number of fused-ring (bicyclic) bond motifs is 1. The minimum atomic E-state index is -0.768. The molecule has 1 atom stereocenters. The number of carbonyl (C=O) groups excluding carboxylic acids is 1. The molecule has 7 heteroatoms. The minimum Gasteiger partial charge on any atom is -0.506 e. The summed E-state index contributed by atoms with van der Waals surface area (Å²) in [5.41, 5.74) is 0.640. The zero-order chi connectivity index (χ0) is 16.7. The second-order valence-corrected chi connectivity index (χ2v) is 5.18. The molecule has 23 heavy (non-hydrogen) atoms. The van der Waals surface area contributed by atoms with Gasteiger partial charge < -0.3 is 25.3 Å². The zero-order valence-electron chi connectivity index (χ0n) is 12.6. The maximum Gasteiger partial charge on any atom is 0.293 e. The topological polar surface area (TPSA) is 112 Å². The summed E-state index contributed by atoms with van der Waals surface area (Å²) >= 11 is 0. The highest BCUT2D eigenvalue weighted by Crippen LogP contribution is 2.28. The van der Waals surface area contributed by atoms with Crippen LogP contribution in [0.25, 0.3) is 10.9 Å². The number of aromatic nitrogens is 1. The van der Waals surface area contributed by atoms with E-state index in [4.69, 9.17) is 0 Å². The molecule has 0 saturated heterocycles. The van der Waals surface area contributed by atoms with Crippen LogP contribution in [0.2, 0.25) is 0 Å². The van der Waals surface area contributed by atoms with Crippen LogP contribution in [0.3, 0.4) is 0 Å². The van der Waals surface area contributed by atoms with Crippen molar-refractivity contribution in [2.24, 2.45) is 0 Å². The lowest BCUT2D eigenvalue weighted by molar-refractivity contribution is -0.128. The van der Waals surface area contributed by atoms with Crippen LogP contribution in [-0.4, -0.2) is 41.4 Å². The van der Waals surface area contributed by atoms with Crippen molar-refractivity contribution in [2.45, 2.75) is 18.9 Å². The van der Waals surface area contributed by atoms with Gasteiger partial charge in [0.25, 0.3) is 6.47 Å². The molecule has 0 amide bonds. The highest BCUT2D eigenvalue weighted by molar-refractivity contribution is 5.87. The normalized spacial score (nSPS) is 12.2. The van der Waals surface area contributed by atoms with Gasteiger partial charge in [-0.15, -0.1) is 0 Å². The van der Waals surface area contributed by atoms with E-state index in [0.29, 0.717) is 42.6 Å². The van der Waals surface area contributed by atoms with Gasteiger partial charge in [0.2, 0.25) is 5.56 Å². The molecule has 0 saturated carbocycles. The van der Waals surface area contributed by atoms with E-state index in [0.717, 1.165) is 12.8 Å². The first-order valence-corrected chi connectivity index (χ1v) is 7.42. The number of carbonyl (C=O) groups is 1. The number of unbranched alkanes of at least 4 members (excludes halogenated alkanes) is 1. The lowest BCUT2D eigenvalue weighted by atomic mass is 10.0. The largest absolute Gasteiger partial charge is 0.506 e. The molecule has 2 aromatic rings. The Morgan fingerprint density at radius 3 is 2.87 bits per heavy atom. The van der Waals surface area contributed by atoms with Crippen molar-refractivity contribution in [1.82, 2.24) is 10.3 Å². The van der Waals surface area contributed by atoms with Crippen molar-refractivity contribution in [3.05, 3.63) is 40.2 Å².